The molecule has 0 unspecified atom stereocenters. The van der Waals surface area contributed by atoms with E-state index in [-0.39, 0.29) is 5.82 Å². The summed E-state index contributed by atoms with van der Waals surface area (Å²) in [4.78, 5) is 4.01. The van der Waals surface area contributed by atoms with Gasteiger partial charge in [0.1, 0.15) is 11.6 Å². The van der Waals surface area contributed by atoms with Crippen molar-refractivity contribution in [3.05, 3.63) is 46.3 Å². The maximum absolute atomic E-state index is 13.1. The number of aryl methyl sites for hydroxylation is 1. The monoisotopic (exact) mass is 296 g/mol. The molecule has 0 spiro atoms. The van der Waals surface area contributed by atoms with Gasteiger partial charge in [0.05, 0.1) is 16.4 Å². The van der Waals surface area contributed by atoms with Crippen molar-refractivity contribution in [3.8, 4) is 11.6 Å². The molecule has 1 aromatic heterocycles. The maximum Gasteiger partial charge on any atom is 0.219 e. The summed E-state index contributed by atoms with van der Waals surface area (Å²) in [7, 11) is 0. The van der Waals surface area contributed by atoms with Gasteiger partial charge in [0.15, 0.2) is 0 Å². The van der Waals surface area contributed by atoms with Crippen molar-refractivity contribution in [2.45, 2.75) is 6.92 Å². The first-order valence-electron chi connectivity index (χ1n) is 4.91. The Kier molecular flexibility index (Phi) is 3.28. The van der Waals surface area contributed by atoms with Gasteiger partial charge in [-0.1, -0.05) is 0 Å². The summed E-state index contributed by atoms with van der Waals surface area (Å²) in [6.07, 6.45) is 1.51. The standard InChI is InChI=1S/C12H10BrFN2O/c1-7-4-12(16-6-10(7)15)17-11-5-8(14)2-3-9(11)13/h2-6H,15H2,1H3. The number of hydrogen-bond donors (Lipinski definition) is 1. The second-order valence-corrected chi connectivity index (χ2v) is 4.41. The zero-order valence-electron chi connectivity index (χ0n) is 9.08. The molecule has 1 heterocycles. The molecule has 0 bridgehead atoms. The molecule has 0 amide bonds. The first kappa shape index (κ1) is 11.9. The fraction of sp³-hybridized carbons (Fsp3) is 0.0833. The van der Waals surface area contributed by atoms with Crippen molar-refractivity contribution in [2.75, 3.05) is 5.73 Å². The number of benzene rings is 1. The maximum atomic E-state index is 13.1. The van der Waals surface area contributed by atoms with E-state index in [0.717, 1.165) is 5.56 Å². The highest BCUT2D eigenvalue weighted by Gasteiger charge is 2.06. The number of rotatable bonds is 2. The summed E-state index contributed by atoms with van der Waals surface area (Å²) in [5, 5.41) is 0. The molecule has 0 aliphatic rings. The van der Waals surface area contributed by atoms with Gasteiger partial charge in [0.2, 0.25) is 5.88 Å². The Hall–Kier alpha value is -1.62. The summed E-state index contributed by atoms with van der Waals surface area (Å²) in [6, 6.07) is 5.91. The van der Waals surface area contributed by atoms with Crippen LogP contribution in [0.2, 0.25) is 0 Å². The predicted molar refractivity (Wildman–Crippen MR) is 67.6 cm³/mol. The van der Waals surface area contributed by atoms with E-state index in [0.29, 0.717) is 21.8 Å². The van der Waals surface area contributed by atoms with Crippen LogP contribution in [0.15, 0.2) is 34.9 Å². The quantitative estimate of drug-likeness (QED) is 0.920. The van der Waals surface area contributed by atoms with Crippen LogP contribution >= 0.6 is 15.9 Å². The second kappa shape index (κ2) is 4.71. The smallest absolute Gasteiger partial charge is 0.219 e. The Morgan fingerprint density at radius 2 is 2.12 bits per heavy atom. The Labute approximate surface area is 107 Å². The third-order valence-electron chi connectivity index (χ3n) is 2.23. The van der Waals surface area contributed by atoms with Crippen LogP contribution in [0.1, 0.15) is 5.56 Å². The minimum Gasteiger partial charge on any atom is -0.438 e. The molecule has 17 heavy (non-hydrogen) atoms. The number of anilines is 1. The van der Waals surface area contributed by atoms with Crippen molar-refractivity contribution in [1.82, 2.24) is 4.98 Å². The molecule has 0 atom stereocenters. The molecular weight excluding hydrogens is 287 g/mol. The highest BCUT2D eigenvalue weighted by molar-refractivity contribution is 9.10. The Morgan fingerprint density at radius 3 is 2.82 bits per heavy atom. The number of nitrogen functional groups attached to an aromatic ring is 1. The van der Waals surface area contributed by atoms with E-state index in [1.807, 2.05) is 6.92 Å². The highest BCUT2D eigenvalue weighted by atomic mass is 79.9. The molecule has 0 radical (unpaired) electrons. The molecular formula is C12H10BrFN2O. The zero-order valence-corrected chi connectivity index (χ0v) is 10.7. The first-order valence-corrected chi connectivity index (χ1v) is 5.70. The van der Waals surface area contributed by atoms with E-state index in [2.05, 4.69) is 20.9 Å². The Bertz CT molecular complexity index is 560. The SMILES string of the molecule is Cc1cc(Oc2cc(F)ccc2Br)ncc1N. The van der Waals surface area contributed by atoms with Crippen LogP contribution in [0, 0.1) is 12.7 Å². The summed E-state index contributed by atoms with van der Waals surface area (Å²) < 4.78 is 19.2. The molecule has 0 aliphatic heterocycles. The minimum atomic E-state index is -0.365. The van der Waals surface area contributed by atoms with Gasteiger partial charge in [0.25, 0.3) is 0 Å². The van der Waals surface area contributed by atoms with Crippen molar-refractivity contribution < 1.29 is 9.13 Å². The van der Waals surface area contributed by atoms with Gasteiger partial charge in [-0.25, -0.2) is 9.37 Å². The minimum absolute atomic E-state index is 0.365. The van der Waals surface area contributed by atoms with E-state index in [4.69, 9.17) is 10.5 Å². The van der Waals surface area contributed by atoms with E-state index in [1.54, 1.807) is 12.1 Å². The van der Waals surface area contributed by atoms with Crippen LogP contribution in [0.5, 0.6) is 11.6 Å². The van der Waals surface area contributed by atoms with Crippen molar-refractivity contribution in [2.24, 2.45) is 0 Å². The van der Waals surface area contributed by atoms with Crippen LogP contribution in [-0.4, -0.2) is 4.98 Å². The largest absolute Gasteiger partial charge is 0.438 e. The molecule has 0 saturated heterocycles. The number of hydrogen-bond acceptors (Lipinski definition) is 3. The van der Waals surface area contributed by atoms with Crippen molar-refractivity contribution >= 4 is 21.6 Å². The lowest BCUT2D eigenvalue weighted by Crippen LogP contribution is -1.94. The molecule has 2 rings (SSSR count). The van der Waals surface area contributed by atoms with Gasteiger partial charge in [-0.15, -0.1) is 0 Å². The average Bonchev–Trinajstić information content (AvgIpc) is 2.29. The average molecular weight is 297 g/mol. The number of nitrogens with zero attached hydrogens (tertiary/aromatic N) is 1. The van der Waals surface area contributed by atoms with Gasteiger partial charge in [-0.3, -0.25) is 0 Å². The van der Waals surface area contributed by atoms with Crippen LogP contribution in [0.3, 0.4) is 0 Å². The molecule has 3 nitrogen and oxygen atoms in total. The van der Waals surface area contributed by atoms with Crippen LogP contribution < -0.4 is 10.5 Å². The van der Waals surface area contributed by atoms with Gasteiger partial charge >= 0.3 is 0 Å². The third-order valence-corrected chi connectivity index (χ3v) is 2.89. The van der Waals surface area contributed by atoms with Gasteiger partial charge < -0.3 is 10.5 Å². The number of aromatic nitrogens is 1. The number of pyridine rings is 1. The summed E-state index contributed by atoms with van der Waals surface area (Å²) in [5.74, 6) is 0.389. The molecule has 0 fully saturated rings. The molecule has 5 heteroatoms. The number of ether oxygens (including phenoxy) is 1. The second-order valence-electron chi connectivity index (χ2n) is 3.56. The molecule has 1 aromatic carbocycles. The molecule has 0 aliphatic carbocycles. The summed E-state index contributed by atoms with van der Waals surface area (Å²) in [5.41, 5.74) is 7.11. The van der Waals surface area contributed by atoms with Crippen LogP contribution in [0.4, 0.5) is 10.1 Å². The van der Waals surface area contributed by atoms with E-state index < -0.39 is 0 Å². The first-order chi connectivity index (χ1) is 8.06. The van der Waals surface area contributed by atoms with Crippen LogP contribution in [-0.2, 0) is 0 Å². The molecule has 2 N–H and O–H groups in total. The number of halogens is 2. The topological polar surface area (TPSA) is 48.1 Å². The molecule has 0 saturated carbocycles. The molecule has 88 valence electrons. The lowest BCUT2D eigenvalue weighted by atomic mass is 10.2. The van der Waals surface area contributed by atoms with Crippen molar-refractivity contribution in [1.29, 1.82) is 0 Å². The highest BCUT2D eigenvalue weighted by Crippen LogP contribution is 2.30. The Morgan fingerprint density at radius 1 is 1.35 bits per heavy atom. The third kappa shape index (κ3) is 2.74. The normalized spacial score (nSPS) is 10.3. The van der Waals surface area contributed by atoms with E-state index >= 15 is 0 Å². The zero-order chi connectivity index (χ0) is 12.4. The van der Waals surface area contributed by atoms with Gasteiger partial charge in [0, 0.05) is 12.1 Å². The lowest BCUT2D eigenvalue weighted by Gasteiger charge is -2.08. The van der Waals surface area contributed by atoms with Crippen LogP contribution in [0.25, 0.3) is 0 Å². The molecule has 2 aromatic rings. The fourth-order valence-electron chi connectivity index (χ4n) is 1.26. The predicted octanol–water partition coefficient (Wildman–Crippen LogP) is 3.67. The fourth-order valence-corrected chi connectivity index (χ4v) is 1.59. The van der Waals surface area contributed by atoms with Gasteiger partial charge in [-0.05, 0) is 40.5 Å². The van der Waals surface area contributed by atoms with Crippen molar-refractivity contribution in [3.63, 3.8) is 0 Å². The Balaban J connectivity index is 2.31. The number of nitrogens with two attached hydrogens (primary N) is 1. The summed E-state index contributed by atoms with van der Waals surface area (Å²) in [6.45, 7) is 1.85. The lowest BCUT2D eigenvalue weighted by molar-refractivity contribution is 0.455. The summed E-state index contributed by atoms with van der Waals surface area (Å²) >= 11 is 3.28. The van der Waals surface area contributed by atoms with E-state index in [1.165, 1.54) is 18.3 Å². The van der Waals surface area contributed by atoms with Gasteiger partial charge in [-0.2, -0.15) is 0 Å². The van der Waals surface area contributed by atoms with E-state index in [9.17, 15) is 4.39 Å².